The van der Waals surface area contributed by atoms with E-state index in [1.807, 2.05) is 0 Å². The van der Waals surface area contributed by atoms with Crippen LogP contribution in [0.1, 0.15) is 27.7 Å². The predicted molar refractivity (Wildman–Crippen MR) is 67.6 cm³/mol. The Hall–Kier alpha value is -0.532. The molecule has 0 rings (SSSR count). The Kier molecular flexibility index (Phi) is 20.4. The summed E-state index contributed by atoms with van der Waals surface area (Å²) < 4.78 is 0. The van der Waals surface area contributed by atoms with Gasteiger partial charge in [0.15, 0.2) is 0 Å². The minimum atomic E-state index is -0.986. The molecule has 0 aliphatic carbocycles. The molecule has 0 unspecified atom stereocenters. The summed E-state index contributed by atoms with van der Waals surface area (Å²) in [5, 5.41) is 33.3. The fraction of sp³-hybridized carbons (Fsp3) is 0.800. The van der Waals surface area contributed by atoms with Crippen molar-refractivity contribution in [1.29, 1.82) is 0 Å². The van der Waals surface area contributed by atoms with Crippen molar-refractivity contribution in [3.05, 3.63) is 12.3 Å². The number of carboxylic acids is 2. The molecule has 8 nitrogen and oxygen atoms in total. The predicted octanol–water partition coefficient (Wildman–Crippen LogP) is 1.61. The Balaban J connectivity index is -0.0000000594. The maximum absolute atomic E-state index is 10.1. The molecular weight excluding hydrogens is 439 g/mol. The topological polar surface area (TPSA) is 182 Å². The van der Waals surface area contributed by atoms with E-state index in [0.717, 1.165) is 0 Å². The average molecular weight is 463 g/mol. The Morgan fingerprint density at radius 1 is 0.789 bits per heavy atom. The van der Waals surface area contributed by atoms with Crippen molar-refractivity contribution in [2.75, 3.05) is 13.2 Å². The van der Waals surface area contributed by atoms with Crippen molar-refractivity contribution in [3.63, 3.8) is 0 Å². The molecule has 0 amide bonds. The second kappa shape index (κ2) is 12.5. The van der Waals surface area contributed by atoms with Gasteiger partial charge in [-0.25, -0.2) is 0 Å². The van der Waals surface area contributed by atoms with Crippen LogP contribution in [0.3, 0.4) is 0 Å². The van der Waals surface area contributed by atoms with Gasteiger partial charge >= 0.3 is 33.0 Å². The molecule has 0 fully saturated rings. The van der Waals surface area contributed by atoms with E-state index in [4.69, 9.17) is 20.4 Å². The summed E-state index contributed by atoms with van der Waals surface area (Å²) in [5.41, 5.74) is -1.97. The number of nitrogens with two attached hydrogens (primary N) is 2. The van der Waals surface area contributed by atoms with E-state index in [9.17, 15) is 9.59 Å². The summed E-state index contributed by atoms with van der Waals surface area (Å²) in [5.74, 6) is -1.94. The fourth-order valence-electron chi connectivity index (χ4n) is 0.135. The van der Waals surface area contributed by atoms with Crippen LogP contribution in [0.15, 0.2) is 0 Å². The standard InChI is InChI=1S/2C5H10O3.2H2N.Pt/c2*1-5(2,3-6)4(7)8;;;/h2*6H,3H2,1-2H3,(H,7,8);2*1H2;/q;;2*-1;+2. The quantitative estimate of drug-likeness (QED) is 0.491. The van der Waals surface area contributed by atoms with Crippen molar-refractivity contribution >= 4 is 11.9 Å². The summed E-state index contributed by atoms with van der Waals surface area (Å²) in [6.07, 6.45) is 0. The first-order valence-corrected chi connectivity index (χ1v) is 4.70. The van der Waals surface area contributed by atoms with E-state index in [1.165, 1.54) is 27.7 Å². The molecule has 0 aliphatic rings. The molecule has 0 atom stereocenters. The Morgan fingerprint density at radius 3 is 0.947 bits per heavy atom. The first kappa shape index (κ1) is 31.1. The molecule has 0 saturated carbocycles. The van der Waals surface area contributed by atoms with Gasteiger partial charge in [0.25, 0.3) is 0 Å². The van der Waals surface area contributed by atoms with Gasteiger partial charge in [-0.3, -0.25) is 9.59 Å². The van der Waals surface area contributed by atoms with Crippen LogP contribution in [-0.4, -0.2) is 45.6 Å². The second-order valence-electron chi connectivity index (χ2n) is 4.69. The molecule has 19 heavy (non-hydrogen) atoms. The summed E-state index contributed by atoms with van der Waals surface area (Å²) in [6, 6.07) is 0. The number of carboxylic acid groups (broad SMARTS) is 2. The third-order valence-electron chi connectivity index (χ3n) is 1.95. The molecule has 0 aromatic carbocycles. The summed E-state index contributed by atoms with van der Waals surface area (Å²) in [4.78, 5) is 20.2. The van der Waals surface area contributed by atoms with Crippen LogP contribution < -0.4 is 0 Å². The van der Waals surface area contributed by atoms with E-state index in [2.05, 4.69) is 0 Å². The monoisotopic (exact) mass is 463 g/mol. The normalized spacial score (nSPS) is 9.58. The SMILES string of the molecule is CC(C)(CO)C(=O)O.CC(C)(CO)C(=O)O.[NH2-].[NH2-].[Pt+2]. The molecule has 0 spiro atoms. The van der Waals surface area contributed by atoms with Gasteiger partial charge in [-0.15, -0.1) is 0 Å². The minimum Gasteiger partial charge on any atom is -0.693 e. The zero-order valence-electron chi connectivity index (χ0n) is 11.5. The smallest absolute Gasteiger partial charge is 0.693 e. The average Bonchev–Trinajstić information content (AvgIpc) is 2.18. The molecule has 0 heterocycles. The van der Waals surface area contributed by atoms with Crippen molar-refractivity contribution < 1.29 is 51.1 Å². The van der Waals surface area contributed by atoms with Crippen LogP contribution in [-0.2, 0) is 30.7 Å². The van der Waals surface area contributed by atoms with Crippen LogP contribution in [0.2, 0.25) is 0 Å². The van der Waals surface area contributed by atoms with Crippen molar-refractivity contribution in [1.82, 2.24) is 0 Å². The molecular formula is C10H24N2O6Pt. The second-order valence-corrected chi connectivity index (χ2v) is 4.69. The Morgan fingerprint density at radius 2 is 0.947 bits per heavy atom. The van der Waals surface area contributed by atoms with Gasteiger partial charge in [-0.05, 0) is 27.7 Å². The summed E-state index contributed by atoms with van der Waals surface area (Å²) in [7, 11) is 0. The van der Waals surface area contributed by atoms with Crippen LogP contribution in [0.25, 0.3) is 12.3 Å². The number of aliphatic hydroxyl groups excluding tert-OH is 2. The molecule has 8 N–H and O–H groups in total. The molecule has 9 heteroatoms. The van der Waals surface area contributed by atoms with Gasteiger partial charge in [-0.2, -0.15) is 0 Å². The molecule has 120 valence electrons. The van der Waals surface area contributed by atoms with E-state index in [1.54, 1.807) is 0 Å². The molecule has 0 bridgehead atoms. The first-order chi connectivity index (χ1) is 7.01. The maximum Gasteiger partial charge on any atom is 2.00 e. The fourth-order valence-corrected chi connectivity index (χ4v) is 0.135. The molecule has 0 radical (unpaired) electrons. The van der Waals surface area contributed by atoms with Gasteiger partial charge in [-0.1, -0.05) is 0 Å². The largest absolute Gasteiger partial charge is 2.00 e. The maximum atomic E-state index is 10.1. The Labute approximate surface area is 127 Å². The molecule has 0 aromatic heterocycles. The van der Waals surface area contributed by atoms with Gasteiger partial charge in [0.05, 0.1) is 24.0 Å². The van der Waals surface area contributed by atoms with Crippen molar-refractivity contribution in [2.45, 2.75) is 27.7 Å². The number of hydrogen-bond acceptors (Lipinski definition) is 4. The number of rotatable bonds is 4. The number of carbonyl (C=O) groups is 2. The summed E-state index contributed by atoms with van der Waals surface area (Å²) >= 11 is 0. The van der Waals surface area contributed by atoms with Gasteiger partial charge in [0.1, 0.15) is 0 Å². The molecule has 0 aromatic rings. The van der Waals surface area contributed by atoms with Gasteiger partial charge in [0, 0.05) is 0 Å². The van der Waals surface area contributed by atoms with Crippen LogP contribution >= 0.6 is 0 Å². The Bertz CT molecular complexity index is 232. The number of aliphatic carboxylic acids is 2. The molecule has 0 aliphatic heterocycles. The zero-order chi connectivity index (χ0) is 13.6. The van der Waals surface area contributed by atoms with Crippen molar-refractivity contribution in [3.8, 4) is 0 Å². The van der Waals surface area contributed by atoms with Crippen molar-refractivity contribution in [2.24, 2.45) is 10.8 Å². The summed E-state index contributed by atoms with van der Waals surface area (Å²) in [6.45, 7) is 5.24. The number of aliphatic hydroxyl groups is 2. The minimum absolute atomic E-state index is 0. The van der Waals surface area contributed by atoms with Crippen LogP contribution in [0, 0.1) is 10.8 Å². The van der Waals surface area contributed by atoms with E-state index in [-0.39, 0.29) is 46.6 Å². The van der Waals surface area contributed by atoms with E-state index < -0.39 is 22.8 Å². The van der Waals surface area contributed by atoms with Gasteiger partial charge < -0.3 is 32.7 Å². The third kappa shape index (κ3) is 13.7. The molecule has 0 saturated heterocycles. The number of hydrogen-bond donors (Lipinski definition) is 4. The zero-order valence-corrected chi connectivity index (χ0v) is 13.8. The van der Waals surface area contributed by atoms with E-state index in [0.29, 0.717) is 0 Å². The third-order valence-corrected chi connectivity index (χ3v) is 1.95. The van der Waals surface area contributed by atoms with Crippen LogP contribution in [0.5, 0.6) is 0 Å². The van der Waals surface area contributed by atoms with Gasteiger partial charge in [0.2, 0.25) is 0 Å². The van der Waals surface area contributed by atoms with E-state index >= 15 is 0 Å². The first-order valence-electron chi connectivity index (χ1n) is 4.70. The van der Waals surface area contributed by atoms with Crippen LogP contribution in [0.4, 0.5) is 0 Å².